The van der Waals surface area contributed by atoms with Crippen LogP contribution in [0.3, 0.4) is 0 Å². The van der Waals surface area contributed by atoms with E-state index in [9.17, 15) is 0 Å². The molecule has 0 aliphatic carbocycles. The third-order valence-electron chi connectivity index (χ3n) is 6.10. The number of unbranched alkanes of at least 4 members (excludes halogenated alkanes) is 1. The number of rotatable bonds is 13. The molecule has 0 saturated heterocycles. The minimum atomic E-state index is 0.805. The van der Waals surface area contributed by atoms with Gasteiger partial charge in [0.2, 0.25) is 0 Å². The molecule has 0 radical (unpaired) electrons. The van der Waals surface area contributed by atoms with Crippen molar-refractivity contribution in [3.05, 3.63) is 84.6 Å². The number of nitrogens with zero attached hydrogens (tertiary/aromatic N) is 3. The van der Waals surface area contributed by atoms with Crippen LogP contribution in [0.4, 0.5) is 17.1 Å². The maximum Gasteiger partial charge on any atom is 0.0909 e. The first-order valence-corrected chi connectivity index (χ1v) is 12.2. The lowest BCUT2D eigenvalue weighted by Gasteiger charge is -2.27. The molecule has 0 aromatic heterocycles. The minimum absolute atomic E-state index is 0.805. The maximum atomic E-state index is 3.99. The lowest BCUT2D eigenvalue weighted by molar-refractivity contribution is 0.685. The number of benzene rings is 2. The van der Waals surface area contributed by atoms with Gasteiger partial charge in [0.25, 0.3) is 0 Å². The molecule has 0 aliphatic heterocycles. The quantitative estimate of drug-likeness (QED) is 0.212. The van der Waals surface area contributed by atoms with Crippen LogP contribution in [-0.4, -0.2) is 47.8 Å². The third-order valence-corrected chi connectivity index (χ3v) is 6.10. The zero-order valence-electron chi connectivity index (χ0n) is 22.0. The van der Waals surface area contributed by atoms with E-state index in [-0.39, 0.29) is 0 Å². The molecule has 1 N–H and O–H groups in total. The van der Waals surface area contributed by atoms with Gasteiger partial charge in [-0.3, -0.25) is 0 Å². The Morgan fingerprint density at radius 1 is 1.00 bits per heavy atom. The van der Waals surface area contributed by atoms with Crippen molar-refractivity contribution in [3.8, 4) is 0 Å². The topological polar surface area (TPSA) is 21.8 Å². The average molecular weight is 459 g/mol. The zero-order chi connectivity index (χ0) is 25.1. The predicted octanol–water partition coefficient (Wildman–Crippen LogP) is 6.43. The summed E-state index contributed by atoms with van der Waals surface area (Å²) in [6, 6.07) is 15.1. The molecule has 182 valence electrons. The predicted molar refractivity (Wildman–Crippen MR) is 153 cm³/mol. The summed E-state index contributed by atoms with van der Waals surface area (Å²) in [6.07, 6.45) is 6.36. The lowest BCUT2D eigenvalue weighted by atomic mass is 10.00. The van der Waals surface area contributed by atoms with Gasteiger partial charge in [0.1, 0.15) is 0 Å². The van der Waals surface area contributed by atoms with Crippen LogP contribution in [0.1, 0.15) is 37.8 Å². The molecular weight excluding hydrogens is 416 g/mol. The Bertz CT molecular complexity index is 1010. The largest absolute Gasteiger partial charge is 0.378 e. The molecule has 0 spiro atoms. The van der Waals surface area contributed by atoms with Crippen molar-refractivity contribution in [2.75, 3.05) is 62.5 Å². The van der Waals surface area contributed by atoms with Crippen molar-refractivity contribution < 1.29 is 0 Å². The molecular formula is C30H42N4. The lowest BCUT2D eigenvalue weighted by Crippen LogP contribution is -2.22. The van der Waals surface area contributed by atoms with Gasteiger partial charge in [0, 0.05) is 69.5 Å². The van der Waals surface area contributed by atoms with Gasteiger partial charge in [-0.05, 0) is 55.8 Å². The van der Waals surface area contributed by atoms with Crippen molar-refractivity contribution in [2.24, 2.45) is 0 Å². The van der Waals surface area contributed by atoms with Crippen LogP contribution in [0.2, 0.25) is 0 Å². The van der Waals surface area contributed by atoms with E-state index in [1.54, 1.807) is 0 Å². The van der Waals surface area contributed by atoms with Crippen LogP contribution in [0.15, 0.2) is 73.5 Å². The van der Waals surface area contributed by atoms with Gasteiger partial charge in [-0.15, -0.1) is 5.73 Å². The molecule has 0 bridgehead atoms. The van der Waals surface area contributed by atoms with E-state index < -0.39 is 0 Å². The molecule has 0 aliphatic rings. The first-order valence-electron chi connectivity index (χ1n) is 12.2. The van der Waals surface area contributed by atoms with Crippen molar-refractivity contribution in [3.63, 3.8) is 0 Å². The monoisotopic (exact) mass is 458 g/mol. The SMILES string of the molecule is C=C=C(c1ccc(N(C)C)cc1)N(C)c1ccc(N(C)CC)c(/C(=C\C=C)CNCCCC)c1. The third kappa shape index (κ3) is 6.90. The van der Waals surface area contributed by atoms with Gasteiger partial charge >= 0.3 is 0 Å². The fourth-order valence-corrected chi connectivity index (χ4v) is 3.86. The molecule has 34 heavy (non-hydrogen) atoms. The number of anilines is 3. The molecule has 0 atom stereocenters. The van der Waals surface area contributed by atoms with E-state index in [1.807, 2.05) is 20.2 Å². The fraction of sp³-hybridized carbons (Fsp3) is 0.367. The summed E-state index contributed by atoms with van der Waals surface area (Å²) in [5.41, 5.74) is 11.1. The maximum absolute atomic E-state index is 3.99. The molecule has 0 heterocycles. The van der Waals surface area contributed by atoms with Gasteiger partial charge in [-0.2, -0.15) is 0 Å². The molecule has 0 saturated carbocycles. The van der Waals surface area contributed by atoms with Gasteiger partial charge < -0.3 is 20.0 Å². The minimum Gasteiger partial charge on any atom is -0.378 e. The number of allylic oxidation sites excluding steroid dienone is 2. The molecule has 2 aromatic rings. The first-order chi connectivity index (χ1) is 16.4. The van der Waals surface area contributed by atoms with Crippen molar-refractivity contribution in [1.82, 2.24) is 5.32 Å². The van der Waals surface area contributed by atoms with E-state index in [2.05, 4.69) is 115 Å². The molecule has 0 fully saturated rings. The molecule has 4 heteroatoms. The van der Waals surface area contributed by atoms with Gasteiger partial charge in [0.15, 0.2) is 0 Å². The highest BCUT2D eigenvalue weighted by molar-refractivity contribution is 5.85. The van der Waals surface area contributed by atoms with Crippen LogP contribution >= 0.6 is 0 Å². The van der Waals surface area contributed by atoms with Crippen LogP contribution in [0.5, 0.6) is 0 Å². The first kappa shape index (κ1) is 27.0. The van der Waals surface area contributed by atoms with Crippen LogP contribution in [-0.2, 0) is 0 Å². The summed E-state index contributed by atoms with van der Waals surface area (Å²) in [7, 11) is 8.31. The van der Waals surface area contributed by atoms with E-state index in [0.29, 0.717) is 0 Å². The summed E-state index contributed by atoms with van der Waals surface area (Å²) < 4.78 is 0. The number of hydrogen-bond acceptors (Lipinski definition) is 4. The fourth-order valence-electron chi connectivity index (χ4n) is 3.86. The van der Waals surface area contributed by atoms with E-state index in [4.69, 9.17) is 0 Å². The molecule has 2 aromatic carbocycles. The van der Waals surface area contributed by atoms with E-state index in [0.717, 1.165) is 36.6 Å². The smallest absolute Gasteiger partial charge is 0.0909 e. The number of nitrogens with one attached hydrogen (secondary N) is 1. The highest BCUT2D eigenvalue weighted by Crippen LogP contribution is 2.33. The summed E-state index contributed by atoms with van der Waals surface area (Å²) in [5, 5.41) is 3.60. The second-order valence-corrected chi connectivity index (χ2v) is 8.70. The van der Waals surface area contributed by atoms with Gasteiger partial charge in [-0.1, -0.05) is 50.8 Å². The van der Waals surface area contributed by atoms with Crippen LogP contribution < -0.4 is 20.0 Å². The van der Waals surface area contributed by atoms with Crippen LogP contribution in [0.25, 0.3) is 11.3 Å². The van der Waals surface area contributed by atoms with Gasteiger partial charge in [0.05, 0.1) is 5.70 Å². The summed E-state index contributed by atoms with van der Waals surface area (Å²) in [6.45, 7) is 15.1. The Labute approximate surface area is 207 Å². The van der Waals surface area contributed by atoms with Crippen molar-refractivity contribution in [2.45, 2.75) is 26.7 Å². The Morgan fingerprint density at radius 2 is 1.68 bits per heavy atom. The summed E-state index contributed by atoms with van der Waals surface area (Å²) in [4.78, 5) is 6.54. The normalized spacial score (nSPS) is 11.1. The summed E-state index contributed by atoms with van der Waals surface area (Å²) >= 11 is 0. The number of hydrogen-bond donors (Lipinski definition) is 1. The Kier molecular flexibility index (Phi) is 10.7. The highest BCUT2D eigenvalue weighted by Gasteiger charge is 2.16. The second-order valence-electron chi connectivity index (χ2n) is 8.70. The molecule has 0 amide bonds. The van der Waals surface area contributed by atoms with Crippen molar-refractivity contribution in [1.29, 1.82) is 0 Å². The van der Waals surface area contributed by atoms with Gasteiger partial charge in [-0.25, -0.2) is 0 Å². The second kappa shape index (κ2) is 13.5. The van der Waals surface area contributed by atoms with Crippen molar-refractivity contribution >= 4 is 28.3 Å². The Hall–Kier alpha value is -3.20. The zero-order valence-corrected chi connectivity index (χ0v) is 22.0. The molecule has 0 unspecified atom stereocenters. The van der Waals surface area contributed by atoms with E-state index in [1.165, 1.54) is 35.4 Å². The van der Waals surface area contributed by atoms with Crippen LogP contribution in [0, 0.1) is 0 Å². The molecule has 2 rings (SSSR count). The Balaban J connectivity index is 2.47. The Morgan fingerprint density at radius 3 is 2.24 bits per heavy atom. The molecule has 4 nitrogen and oxygen atoms in total. The standard InChI is InChI=1S/C30H42N4/c1-9-13-21-31-23-25(14-10-2)28-22-27(19-20-30(28)33(7)12-4)34(8)29(11-3)24-15-17-26(18-16-24)32(5)6/h10,14-20,22,31H,2-3,9,12-13,21,23H2,1,4-8H3/b25-14-. The summed E-state index contributed by atoms with van der Waals surface area (Å²) in [5.74, 6) is 0. The highest BCUT2D eigenvalue weighted by atomic mass is 15.1. The van der Waals surface area contributed by atoms with E-state index >= 15 is 0 Å². The average Bonchev–Trinajstić information content (AvgIpc) is 2.85.